The van der Waals surface area contributed by atoms with Crippen molar-refractivity contribution < 1.29 is 9.47 Å². The minimum atomic E-state index is 0.754. The fourth-order valence-electron chi connectivity index (χ4n) is 1.63. The number of hydrogen-bond donors (Lipinski definition) is 1. The third-order valence-corrected chi connectivity index (χ3v) is 3.74. The molecule has 0 bridgehead atoms. The molecule has 1 aromatic carbocycles. The van der Waals surface area contributed by atoms with Gasteiger partial charge in [-0.3, -0.25) is 0 Å². The van der Waals surface area contributed by atoms with Crippen molar-refractivity contribution in [3.8, 4) is 0 Å². The van der Waals surface area contributed by atoms with Gasteiger partial charge in [0.25, 0.3) is 0 Å². The molecule has 0 saturated heterocycles. The molecule has 0 heterocycles. The first-order valence-corrected chi connectivity index (χ1v) is 7.17. The number of benzene rings is 1. The highest BCUT2D eigenvalue weighted by molar-refractivity contribution is 7.99. The van der Waals surface area contributed by atoms with Crippen molar-refractivity contribution in [2.45, 2.75) is 18.4 Å². The molecule has 0 spiro atoms. The van der Waals surface area contributed by atoms with Crippen LogP contribution in [0.1, 0.15) is 11.1 Å². The van der Waals surface area contributed by atoms with Crippen LogP contribution in [0.25, 0.3) is 0 Å². The summed E-state index contributed by atoms with van der Waals surface area (Å²) in [4.78, 5) is 1.34. The van der Waals surface area contributed by atoms with Crippen LogP contribution >= 0.6 is 11.8 Å². The topological polar surface area (TPSA) is 30.5 Å². The van der Waals surface area contributed by atoms with Gasteiger partial charge in [0.05, 0.1) is 13.2 Å². The molecule has 0 aliphatic heterocycles. The molecule has 0 aliphatic rings. The molecule has 0 amide bonds. The number of methoxy groups -OCH3 is 2. The van der Waals surface area contributed by atoms with Crippen LogP contribution in [-0.4, -0.2) is 39.7 Å². The maximum Gasteiger partial charge on any atom is 0.0587 e. The van der Waals surface area contributed by atoms with Crippen molar-refractivity contribution >= 4 is 11.8 Å². The Hall–Kier alpha value is -0.550. The summed E-state index contributed by atoms with van der Waals surface area (Å²) in [6, 6.07) is 6.62. The van der Waals surface area contributed by atoms with Crippen molar-refractivity contribution in [2.24, 2.45) is 0 Å². The van der Waals surface area contributed by atoms with Gasteiger partial charge >= 0.3 is 0 Å². The van der Waals surface area contributed by atoms with E-state index in [1.807, 2.05) is 11.8 Å². The van der Waals surface area contributed by atoms with Crippen LogP contribution in [0.4, 0.5) is 0 Å². The molecular formula is C14H23NO2S. The predicted molar refractivity (Wildman–Crippen MR) is 77.4 cm³/mol. The van der Waals surface area contributed by atoms with Crippen molar-refractivity contribution in [1.82, 2.24) is 5.32 Å². The van der Waals surface area contributed by atoms with Crippen molar-refractivity contribution in [2.75, 3.05) is 39.7 Å². The standard InChI is InChI=1S/C14H23NO2S/c1-12-10-13(11-15-6-7-16-2)4-5-14(12)18-9-8-17-3/h4-5,10,15H,6-9,11H2,1-3H3. The normalized spacial score (nSPS) is 10.8. The van der Waals surface area contributed by atoms with Crippen molar-refractivity contribution in [1.29, 1.82) is 0 Å². The minimum absolute atomic E-state index is 0.754. The van der Waals surface area contributed by atoms with E-state index in [2.05, 4.69) is 30.4 Å². The summed E-state index contributed by atoms with van der Waals surface area (Å²) in [5.41, 5.74) is 2.65. The lowest BCUT2D eigenvalue weighted by molar-refractivity contribution is 0.199. The second-order valence-corrected chi connectivity index (χ2v) is 5.25. The number of thioether (sulfide) groups is 1. The lowest BCUT2D eigenvalue weighted by Gasteiger charge is -2.09. The zero-order valence-electron chi connectivity index (χ0n) is 11.5. The molecule has 1 rings (SSSR count). The van der Waals surface area contributed by atoms with Gasteiger partial charge in [-0.15, -0.1) is 11.8 Å². The molecule has 0 radical (unpaired) electrons. The van der Waals surface area contributed by atoms with Crippen LogP contribution in [-0.2, 0) is 16.0 Å². The summed E-state index contributed by atoms with van der Waals surface area (Å²) in [7, 11) is 3.46. The Labute approximate surface area is 114 Å². The number of rotatable bonds is 9. The molecule has 18 heavy (non-hydrogen) atoms. The van der Waals surface area contributed by atoms with Crippen LogP contribution in [0.3, 0.4) is 0 Å². The van der Waals surface area contributed by atoms with Crippen LogP contribution < -0.4 is 5.32 Å². The zero-order chi connectivity index (χ0) is 13.2. The third-order valence-electron chi connectivity index (χ3n) is 2.60. The van der Waals surface area contributed by atoms with E-state index in [9.17, 15) is 0 Å². The number of aryl methyl sites for hydroxylation is 1. The van der Waals surface area contributed by atoms with Crippen molar-refractivity contribution in [3.05, 3.63) is 29.3 Å². The highest BCUT2D eigenvalue weighted by atomic mass is 32.2. The van der Waals surface area contributed by atoms with E-state index in [0.29, 0.717) is 0 Å². The number of ether oxygens (including phenoxy) is 2. The summed E-state index contributed by atoms with van der Waals surface area (Å²) in [5.74, 6) is 1.00. The van der Waals surface area contributed by atoms with Crippen molar-refractivity contribution in [3.63, 3.8) is 0 Å². The monoisotopic (exact) mass is 269 g/mol. The van der Waals surface area contributed by atoms with Crippen LogP contribution in [0.5, 0.6) is 0 Å². The summed E-state index contributed by atoms with van der Waals surface area (Å²) < 4.78 is 10.1. The number of nitrogens with one attached hydrogen (secondary N) is 1. The average molecular weight is 269 g/mol. The van der Waals surface area contributed by atoms with E-state index in [-0.39, 0.29) is 0 Å². The summed E-state index contributed by atoms with van der Waals surface area (Å²) >= 11 is 1.85. The SMILES string of the molecule is COCCNCc1ccc(SCCOC)c(C)c1. The molecule has 0 atom stereocenters. The first kappa shape index (κ1) is 15.5. The summed E-state index contributed by atoms with van der Waals surface area (Å²) in [6.45, 7) is 5.50. The van der Waals surface area contributed by atoms with Gasteiger partial charge in [0.15, 0.2) is 0 Å². The lowest BCUT2D eigenvalue weighted by Crippen LogP contribution is -2.18. The van der Waals surface area contributed by atoms with E-state index in [1.54, 1.807) is 14.2 Å². The van der Waals surface area contributed by atoms with E-state index in [0.717, 1.165) is 32.1 Å². The smallest absolute Gasteiger partial charge is 0.0587 e. The lowest BCUT2D eigenvalue weighted by atomic mass is 10.1. The van der Waals surface area contributed by atoms with E-state index in [1.165, 1.54) is 16.0 Å². The molecule has 1 aromatic rings. The van der Waals surface area contributed by atoms with Gasteiger partial charge in [-0.1, -0.05) is 12.1 Å². The summed E-state index contributed by atoms with van der Waals surface area (Å²) in [5, 5.41) is 3.35. The zero-order valence-corrected chi connectivity index (χ0v) is 12.3. The Morgan fingerprint density at radius 2 is 1.94 bits per heavy atom. The van der Waals surface area contributed by atoms with Gasteiger partial charge in [0.2, 0.25) is 0 Å². The van der Waals surface area contributed by atoms with Gasteiger partial charge < -0.3 is 14.8 Å². The molecule has 3 nitrogen and oxygen atoms in total. The van der Waals surface area contributed by atoms with Gasteiger partial charge in [-0.05, 0) is 24.1 Å². The molecule has 0 unspecified atom stereocenters. The van der Waals surface area contributed by atoms with Crippen LogP contribution in [0.2, 0.25) is 0 Å². The van der Waals surface area contributed by atoms with Gasteiger partial charge in [0.1, 0.15) is 0 Å². The second kappa shape index (κ2) is 9.39. The molecule has 102 valence electrons. The molecule has 0 fully saturated rings. The van der Waals surface area contributed by atoms with Gasteiger partial charge in [-0.25, -0.2) is 0 Å². The number of hydrogen-bond acceptors (Lipinski definition) is 4. The predicted octanol–water partition coefficient (Wildman–Crippen LogP) is 2.47. The Bertz CT molecular complexity index is 345. The Balaban J connectivity index is 2.41. The van der Waals surface area contributed by atoms with Crippen LogP contribution in [0, 0.1) is 6.92 Å². The van der Waals surface area contributed by atoms with E-state index >= 15 is 0 Å². The highest BCUT2D eigenvalue weighted by Gasteiger charge is 2.01. The first-order chi connectivity index (χ1) is 8.77. The highest BCUT2D eigenvalue weighted by Crippen LogP contribution is 2.23. The maximum atomic E-state index is 5.06. The molecule has 0 saturated carbocycles. The average Bonchev–Trinajstić information content (AvgIpc) is 2.37. The quantitative estimate of drug-likeness (QED) is 0.551. The van der Waals surface area contributed by atoms with Gasteiger partial charge in [-0.2, -0.15) is 0 Å². The largest absolute Gasteiger partial charge is 0.384 e. The molecule has 4 heteroatoms. The molecular weight excluding hydrogens is 246 g/mol. The molecule has 0 aliphatic carbocycles. The minimum Gasteiger partial charge on any atom is -0.384 e. The second-order valence-electron chi connectivity index (χ2n) is 4.11. The fraction of sp³-hybridized carbons (Fsp3) is 0.571. The first-order valence-electron chi connectivity index (χ1n) is 6.19. The molecule has 0 aromatic heterocycles. The Morgan fingerprint density at radius 1 is 1.17 bits per heavy atom. The van der Waals surface area contributed by atoms with E-state index < -0.39 is 0 Å². The fourth-order valence-corrected chi connectivity index (χ4v) is 2.55. The Morgan fingerprint density at radius 3 is 2.61 bits per heavy atom. The van der Waals surface area contributed by atoms with Gasteiger partial charge in [0, 0.05) is 38.0 Å². The van der Waals surface area contributed by atoms with E-state index in [4.69, 9.17) is 9.47 Å². The Kier molecular flexibility index (Phi) is 8.09. The molecule has 1 N–H and O–H groups in total. The van der Waals surface area contributed by atoms with Crippen LogP contribution in [0.15, 0.2) is 23.1 Å². The third kappa shape index (κ3) is 5.87. The summed E-state index contributed by atoms with van der Waals surface area (Å²) in [6.07, 6.45) is 0. The maximum absolute atomic E-state index is 5.06.